The molecule has 0 saturated carbocycles. The maximum absolute atomic E-state index is 13.5. The van der Waals surface area contributed by atoms with Crippen LogP contribution in [0.5, 0.6) is 0 Å². The van der Waals surface area contributed by atoms with Gasteiger partial charge >= 0.3 is 6.18 Å². The van der Waals surface area contributed by atoms with Crippen LogP contribution in [0.2, 0.25) is 0 Å². The number of nitrogens with zero attached hydrogens (tertiary/aromatic N) is 2. The molecule has 4 rings (SSSR count). The Hall–Kier alpha value is -3.97. The number of nitrogens with two attached hydrogens (primary N) is 1. The highest BCUT2D eigenvalue weighted by molar-refractivity contribution is 7.90. The number of benzene rings is 2. The summed E-state index contributed by atoms with van der Waals surface area (Å²) in [6, 6.07) is 11.4. The minimum atomic E-state index is -4.64. The lowest BCUT2D eigenvalue weighted by molar-refractivity contribution is -0.137. The molecule has 2 heterocycles. The molecule has 0 saturated heterocycles. The molecule has 38 heavy (non-hydrogen) atoms. The minimum Gasteiger partial charge on any atom is -0.375 e. The van der Waals surface area contributed by atoms with Crippen molar-refractivity contribution in [2.75, 3.05) is 12.0 Å². The lowest BCUT2D eigenvalue weighted by Gasteiger charge is -2.17. The number of alkyl halides is 3. The van der Waals surface area contributed by atoms with E-state index in [1.54, 1.807) is 5.38 Å². The number of carbonyl (C=O) groups is 1. The fourth-order valence-corrected chi connectivity index (χ4v) is 4.99. The highest BCUT2D eigenvalue weighted by Crippen LogP contribution is 2.32. The van der Waals surface area contributed by atoms with Crippen LogP contribution in [0.15, 0.2) is 69.7 Å². The van der Waals surface area contributed by atoms with E-state index < -0.39 is 33.0 Å². The van der Waals surface area contributed by atoms with E-state index in [1.165, 1.54) is 49.4 Å². The highest BCUT2D eigenvalue weighted by Gasteiger charge is 2.31. The highest BCUT2D eigenvalue weighted by atomic mass is 32.2. The van der Waals surface area contributed by atoms with Crippen LogP contribution in [0.4, 0.5) is 18.3 Å². The van der Waals surface area contributed by atoms with E-state index in [4.69, 9.17) is 5.73 Å². The van der Waals surface area contributed by atoms with Gasteiger partial charge in [-0.2, -0.15) is 13.2 Å². The van der Waals surface area contributed by atoms with Gasteiger partial charge in [0.05, 0.1) is 16.2 Å². The SMILES string of the molecule is Cc1c(-c2csc(N)n2)cc(C(=O)NCc2ccc(S(C)(=O)=O)cc2)c(=O)n1-c1cccc(C(F)(F)F)c1. The standard InChI is InChI=1S/C25H21F3N4O4S2/c1-14-19(21-13-37-24(29)31-21)11-20(22(33)30-12-15-6-8-18(9-7-15)38(2,35)36)23(34)32(14)17-5-3-4-16(10-17)25(26,27)28/h3-11,13H,12H2,1-2H3,(H2,29,31)(H,30,33). The predicted octanol–water partition coefficient (Wildman–Crippen LogP) is 4.20. The van der Waals surface area contributed by atoms with Gasteiger partial charge in [-0.05, 0) is 48.9 Å². The third-order valence-corrected chi connectivity index (χ3v) is 7.53. The number of thiazole rings is 1. The van der Waals surface area contributed by atoms with Crippen LogP contribution in [0.25, 0.3) is 16.9 Å². The summed E-state index contributed by atoms with van der Waals surface area (Å²) in [6.07, 6.45) is -3.56. The first kappa shape index (κ1) is 27.1. The van der Waals surface area contributed by atoms with E-state index in [2.05, 4.69) is 10.3 Å². The second kappa shape index (κ2) is 10.1. The van der Waals surface area contributed by atoms with E-state index in [1.807, 2.05) is 0 Å². The Balaban J connectivity index is 1.77. The van der Waals surface area contributed by atoms with Gasteiger partial charge in [0, 0.05) is 35.1 Å². The molecule has 2 aromatic carbocycles. The predicted molar refractivity (Wildman–Crippen MR) is 138 cm³/mol. The average Bonchev–Trinajstić information content (AvgIpc) is 3.28. The maximum atomic E-state index is 13.5. The summed E-state index contributed by atoms with van der Waals surface area (Å²) in [5.41, 5.74) is 5.14. The first-order valence-corrected chi connectivity index (χ1v) is 13.8. The fraction of sp³-hybridized carbons (Fsp3) is 0.160. The Labute approximate surface area is 219 Å². The van der Waals surface area contributed by atoms with Crippen molar-refractivity contribution >= 4 is 32.2 Å². The molecule has 0 fully saturated rings. The molecule has 0 aliphatic heterocycles. The number of nitrogen functional groups attached to an aromatic ring is 1. The summed E-state index contributed by atoms with van der Waals surface area (Å²) >= 11 is 1.13. The van der Waals surface area contributed by atoms with Crippen molar-refractivity contribution in [3.8, 4) is 16.9 Å². The topological polar surface area (TPSA) is 124 Å². The number of halogens is 3. The Morgan fingerprint density at radius 3 is 2.39 bits per heavy atom. The molecule has 8 nitrogen and oxygen atoms in total. The molecule has 198 valence electrons. The zero-order valence-corrected chi connectivity index (χ0v) is 21.7. The average molecular weight is 563 g/mol. The van der Waals surface area contributed by atoms with Crippen LogP contribution in [-0.2, 0) is 22.6 Å². The molecular formula is C25H21F3N4O4S2. The smallest absolute Gasteiger partial charge is 0.375 e. The second-order valence-corrected chi connectivity index (χ2v) is 11.3. The summed E-state index contributed by atoms with van der Waals surface area (Å²) < 4.78 is 64.5. The van der Waals surface area contributed by atoms with E-state index in [0.717, 1.165) is 34.3 Å². The van der Waals surface area contributed by atoms with Gasteiger partial charge in [-0.3, -0.25) is 14.2 Å². The number of sulfone groups is 1. The van der Waals surface area contributed by atoms with Crippen LogP contribution in [0, 0.1) is 6.92 Å². The van der Waals surface area contributed by atoms with Crippen molar-refractivity contribution < 1.29 is 26.4 Å². The number of pyridine rings is 1. The van der Waals surface area contributed by atoms with E-state index >= 15 is 0 Å². The number of carbonyl (C=O) groups excluding carboxylic acids is 1. The fourth-order valence-electron chi connectivity index (χ4n) is 3.80. The molecule has 13 heteroatoms. The van der Waals surface area contributed by atoms with E-state index in [0.29, 0.717) is 16.8 Å². The van der Waals surface area contributed by atoms with Crippen molar-refractivity contribution in [2.24, 2.45) is 0 Å². The normalized spacial score (nSPS) is 11.9. The number of hydrogen-bond acceptors (Lipinski definition) is 7. The zero-order chi connectivity index (χ0) is 27.8. The molecule has 0 aliphatic rings. The van der Waals surface area contributed by atoms with Gasteiger partial charge in [-0.1, -0.05) is 18.2 Å². The van der Waals surface area contributed by atoms with Gasteiger partial charge in [0.1, 0.15) is 5.56 Å². The van der Waals surface area contributed by atoms with Crippen LogP contribution < -0.4 is 16.6 Å². The molecule has 4 aromatic rings. The Bertz CT molecular complexity index is 1690. The van der Waals surface area contributed by atoms with Crippen LogP contribution in [0.1, 0.15) is 27.2 Å². The summed E-state index contributed by atoms with van der Waals surface area (Å²) in [6.45, 7) is 1.51. The molecule has 0 radical (unpaired) electrons. The monoisotopic (exact) mass is 562 g/mol. The van der Waals surface area contributed by atoms with Crippen molar-refractivity contribution in [3.63, 3.8) is 0 Å². The van der Waals surface area contributed by atoms with Gasteiger partial charge in [-0.25, -0.2) is 13.4 Å². The molecule has 0 aliphatic carbocycles. The molecule has 1 amide bonds. The Kier molecular flexibility index (Phi) is 7.17. The third kappa shape index (κ3) is 5.63. The first-order chi connectivity index (χ1) is 17.8. The molecule has 0 atom stereocenters. The number of amides is 1. The van der Waals surface area contributed by atoms with Gasteiger partial charge in [0.15, 0.2) is 15.0 Å². The van der Waals surface area contributed by atoms with Gasteiger partial charge in [0.25, 0.3) is 11.5 Å². The number of aromatic nitrogens is 2. The molecular weight excluding hydrogens is 541 g/mol. The summed E-state index contributed by atoms with van der Waals surface area (Å²) in [5.74, 6) is -0.771. The van der Waals surface area contributed by atoms with E-state index in [9.17, 15) is 31.2 Å². The quantitative estimate of drug-likeness (QED) is 0.363. The minimum absolute atomic E-state index is 0.0290. The van der Waals surface area contributed by atoms with Crippen molar-refractivity contribution in [3.05, 3.63) is 92.7 Å². The number of hydrogen-bond donors (Lipinski definition) is 2. The first-order valence-electron chi connectivity index (χ1n) is 11.0. The Morgan fingerprint density at radius 2 is 1.82 bits per heavy atom. The van der Waals surface area contributed by atoms with Crippen LogP contribution in [0.3, 0.4) is 0 Å². The molecule has 0 unspecified atom stereocenters. The van der Waals surface area contributed by atoms with Crippen LogP contribution >= 0.6 is 11.3 Å². The second-order valence-electron chi connectivity index (χ2n) is 8.42. The molecule has 2 aromatic heterocycles. The third-order valence-electron chi connectivity index (χ3n) is 5.73. The number of nitrogens with one attached hydrogen (secondary N) is 1. The largest absolute Gasteiger partial charge is 0.416 e. The van der Waals surface area contributed by atoms with Crippen molar-refractivity contribution in [1.82, 2.24) is 14.9 Å². The summed E-state index contributed by atoms with van der Waals surface area (Å²) in [4.78, 5) is 30.9. The van der Waals surface area contributed by atoms with E-state index in [-0.39, 0.29) is 33.5 Å². The lowest BCUT2D eigenvalue weighted by atomic mass is 10.1. The number of rotatable bonds is 6. The number of anilines is 1. The summed E-state index contributed by atoms with van der Waals surface area (Å²) in [7, 11) is -3.39. The lowest BCUT2D eigenvalue weighted by Crippen LogP contribution is -2.33. The molecule has 0 bridgehead atoms. The van der Waals surface area contributed by atoms with Crippen LogP contribution in [-0.4, -0.2) is 30.1 Å². The Morgan fingerprint density at radius 1 is 1.13 bits per heavy atom. The molecule has 3 N–H and O–H groups in total. The zero-order valence-electron chi connectivity index (χ0n) is 20.0. The van der Waals surface area contributed by atoms with Gasteiger partial charge in [0.2, 0.25) is 0 Å². The van der Waals surface area contributed by atoms with Gasteiger partial charge in [-0.15, -0.1) is 11.3 Å². The maximum Gasteiger partial charge on any atom is 0.416 e. The summed E-state index contributed by atoms with van der Waals surface area (Å²) in [5, 5.41) is 4.46. The molecule has 0 spiro atoms. The van der Waals surface area contributed by atoms with Crippen molar-refractivity contribution in [1.29, 1.82) is 0 Å². The van der Waals surface area contributed by atoms with Crippen molar-refractivity contribution in [2.45, 2.75) is 24.5 Å². The van der Waals surface area contributed by atoms with Gasteiger partial charge < -0.3 is 11.1 Å².